The molecule has 0 aliphatic rings. The minimum Gasteiger partial charge on any atom is -0.466 e. The molecule has 0 aliphatic heterocycles. The number of carbonyl (C=O) groups is 2. The summed E-state index contributed by atoms with van der Waals surface area (Å²) in [6, 6.07) is 0. The zero-order valence-electron chi connectivity index (χ0n) is 21.3. The molecule has 0 aliphatic carbocycles. The summed E-state index contributed by atoms with van der Waals surface area (Å²) in [7, 11) is 0. The summed E-state index contributed by atoms with van der Waals surface area (Å²) in [6.45, 7) is 12.1. The first-order valence-electron chi connectivity index (χ1n) is 13.1. The molecule has 0 amide bonds. The van der Waals surface area contributed by atoms with Crippen molar-refractivity contribution in [1.82, 2.24) is 5.32 Å². The Labute approximate surface area is 193 Å². The van der Waals surface area contributed by atoms with Crippen molar-refractivity contribution in [2.24, 2.45) is 0 Å². The van der Waals surface area contributed by atoms with E-state index in [1.807, 2.05) is 0 Å². The van der Waals surface area contributed by atoms with Gasteiger partial charge >= 0.3 is 11.9 Å². The third-order valence-corrected chi connectivity index (χ3v) is 4.95. The third kappa shape index (κ3) is 31.2. The van der Waals surface area contributed by atoms with Crippen molar-refractivity contribution in [3.05, 3.63) is 0 Å². The summed E-state index contributed by atoms with van der Waals surface area (Å²) < 4.78 is 10.2. The van der Waals surface area contributed by atoms with E-state index in [1.165, 1.54) is 38.8 Å². The highest BCUT2D eigenvalue weighted by Crippen LogP contribution is 2.10. The Morgan fingerprint density at radius 3 is 1.23 bits per heavy atom. The quantitative estimate of drug-likeness (QED) is 0.153. The fourth-order valence-corrected chi connectivity index (χ4v) is 2.78. The van der Waals surface area contributed by atoms with Gasteiger partial charge in [0.25, 0.3) is 0 Å². The molecule has 0 fully saturated rings. The third-order valence-electron chi connectivity index (χ3n) is 4.95. The van der Waals surface area contributed by atoms with Crippen molar-refractivity contribution in [3.8, 4) is 0 Å². The van der Waals surface area contributed by atoms with Crippen molar-refractivity contribution in [2.75, 3.05) is 26.3 Å². The molecule has 0 saturated carbocycles. The molecule has 5 heteroatoms. The highest BCUT2D eigenvalue weighted by molar-refractivity contribution is 5.69. The summed E-state index contributed by atoms with van der Waals surface area (Å²) in [6.07, 6.45) is 16.5. The Bertz CT molecular complexity index is 340. The molecule has 31 heavy (non-hydrogen) atoms. The lowest BCUT2D eigenvalue weighted by atomic mass is 10.1. The first-order chi connectivity index (χ1) is 15.1. The number of ether oxygens (including phenoxy) is 2. The summed E-state index contributed by atoms with van der Waals surface area (Å²) in [5.41, 5.74) is 0. The van der Waals surface area contributed by atoms with Crippen LogP contribution in [0.1, 0.15) is 130 Å². The minimum atomic E-state index is -0.0664. The van der Waals surface area contributed by atoms with Crippen LogP contribution in [-0.2, 0) is 19.1 Å². The number of unbranched alkanes of at least 4 members (excludes halogenated alkanes) is 9. The number of rotatable bonds is 21. The second kappa shape index (κ2) is 28.9. The lowest BCUT2D eigenvalue weighted by molar-refractivity contribution is -0.144. The summed E-state index contributed by atoms with van der Waals surface area (Å²) >= 11 is 0. The number of esters is 2. The van der Waals surface area contributed by atoms with Gasteiger partial charge in [-0.25, -0.2) is 0 Å². The van der Waals surface area contributed by atoms with Gasteiger partial charge in [0.15, 0.2) is 0 Å². The van der Waals surface area contributed by atoms with Crippen LogP contribution in [0.4, 0.5) is 0 Å². The highest BCUT2D eigenvalue weighted by Gasteiger charge is 2.03. The molecule has 0 aromatic carbocycles. The standard InChI is InChI=1S/C18H34O4.C8H19N/c1-3-5-15-21-17(19)13-11-9-7-8-10-12-14-18(20)22-16-6-4-2;1-3-5-7-9-8-6-4-2/h3-16H2,1-2H3;9H,3-8H2,1-2H3. The maximum absolute atomic E-state index is 11.4. The summed E-state index contributed by atoms with van der Waals surface area (Å²) in [5.74, 6) is -0.133. The van der Waals surface area contributed by atoms with E-state index in [1.54, 1.807) is 0 Å². The lowest BCUT2D eigenvalue weighted by Crippen LogP contribution is -2.15. The Morgan fingerprint density at radius 1 is 0.516 bits per heavy atom. The molecule has 5 nitrogen and oxygen atoms in total. The molecule has 0 heterocycles. The number of hydrogen-bond acceptors (Lipinski definition) is 5. The van der Waals surface area contributed by atoms with E-state index < -0.39 is 0 Å². The van der Waals surface area contributed by atoms with Crippen molar-refractivity contribution in [1.29, 1.82) is 0 Å². The van der Waals surface area contributed by atoms with Crippen LogP contribution < -0.4 is 5.32 Å². The van der Waals surface area contributed by atoms with Gasteiger partial charge in [0.05, 0.1) is 13.2 Å². The highest BCUT2D eigenvalue weighted by atomic mass is 16.5. The fraction of sp³-hybridized carbons (Fsp3) is 0.923. The van der Waals surface area contributed by atoms with Gasteiger partial charge < -0.3 is 14.8 Å². The molecular weight excluding hydrogens is 390 g/mol. The van der Waals surface area contributed by atoms with Crippen LogP contribution >= 0.6 is 0 Å². The zero-order valence-corrected chi connectivity index (χ0v) is 21.3. The molecular formula is C26H53NO4. The molecule has 0 atom stereocenters. The van der Waals surface area contributed by atoms with Gasteiger partial charge in [-0.2, -0.15) is 0 Å². The Hall–Kier alpha value is -1.10. The van der Waals surface area contributed by atoms with Crippen molar-refractivity contribution < 1.29 is 19.1 Å². The number of hydrogen-bond donors (Lipinski definition) is 1. The first-order valence-corrected chi connectivity index (χ1v) is 13.1. The van der Waals surface area contributed by atoms with E-state index in [0.717, 1.165) is 64.2 Å². The maximum Gasteiger partial charge on any atom is 0.305 e. The number of carbonyl (C=O) groups excluding carboxylic acids is 2. The zero-order chi connectivity index (χ0) is 23.4. The molecule has 0 aromatic heterocycles. The van der Waals surface area contributed by atoms with Crippen LogP contribution in [0.5, 0.6) is 0 Å². The van der Waals surface area contributed by atoms with E-state index in [-0.39, 0.29) is 11.9 Å². The topological polar surface area (TPSA) is 64.6 Å². The Morgan fingerprint density at radius 2 is 0.871 bits per heavy atom. The smallest absolute Gasteiger partial charge is 0.305 e. The summed E-state index contributed by atoms with van der Waals surface area (Å²) in [4.78, 5) is 22.7. The average molecular weight is 444 g/mol. The molecule has 0 aromatic rings. The van der Waals surface area contributed by atoms with Crippen LogP contribution in [-0.4, -0.2) is 38.2 Å². The normalized spacial score (nSPS) is 10.3. The SMILES string of the molecule is CCCCNCCCC.CCCCOC(=O)CCCCCCCCC(=O)OCCCC. The predicted molar refractivity (Wildman–Crippen MR) is 131 cm³/mol. The molecule has 0 saturated heterocycles. The molecule has 186 valence electrons. The first kappa shape index (κ1) is 32.1. The van der Waals surface area contributed by atoms with Gasteiger partial charge in [-0.1, -0.05) is 79.1 Å². The second-order valence-electron chi connectivity index (χ2n) is 8.23. The van der Waals surface area contributed by atoms with E-state index in [0.29, 0.717) is 26.1 Å². The Kier molecular flexibility index (Phi) is 29.9. The molecule has 0 rings (SSSR count). The van der Waals surface area contributed by atoms with E-state index in [9.17, 15) is 9.59 Å². The minimum absolute atomic E-state index is 0.0664. The molecule has 0 unspecified atom stereocenters. The van der Waals surface area contributed by atoms with Gasteiger partial charge in [-0.3, -0.25) is 9.59 Å². The van der Waals surface area contributed by atoms with Crippen molar-refractivity contribution in [2.45, 2.75) is 130 Å². The van der Waals surface area contributed by atoms with Crippen LogP contribution in [0.3, 0.4) is 0 Å². The molecule has 0 spiro atoms. The van der Waals surface area contributed by atoms with E-state index >= 15 is 0 Å². The molecule has 0 radical (unpaired) electrons. The summed E-state index contributed by atoms with van der Waals surface area (Å²) in [5, 5.41) is 3.39. The molecule has 0 bridgehead atoms. The average Bonchev–Trinajstić information content (AvgIpc) is 2.76. The Balaban J connectivity index is 0. The number of nitrogens with one attached hydrogen (secondary N) is 1. The van der Waals surface area contributed by atoms with Gasteiger partial charge in [0, 0.05) is 12.8 Å². The van der Waals surface area contributed by atoms with E-state index in [2.05, 4.69) is 33.0 Å². The van der Waals surface area contributed by atoms with Gasteiger partial charge in [0.2, 0.25) is 0 Å². The van der Waals surface area contributed by atoms with Crippen molar-refractivity contribution in [3.63, 3.8) is 0 Å². The monoisotopic (exact) mass is 443 g/mol. The van der Waals surface area contributed by atoms with Crippen LogP contribution in [0.15, 0.2) is 0 Å². The predicted octanol–water partition coefficient (Wildman–Crippen LogP) is 6.97. The largest absolute Gasteiger partial charge is 0.466 e. The van der Waals surface area contributed by atoms with Crippen molar-refractivity contribution >= 4 is 11.9 Å². The van der Waals surface area contributed by atoms with Gasteiger partial charge in [0.1, 0.15) is 0 Å². The molecule has 1 N–H and O–H groups in total. The van der Waals surface area contributed by atoms with Crippen LogP contribution in [0.2, 0.25) is 0 Å². The van der Waals surface area contributed by atoms with Gasteiger partial charge in [-0.15, -0.1) is 0 Å². The van der Waals surface area contributed by atoms with E-state index in [4.69, 9.17) is 9.47 Å². The van der Waals surface area contributed by atoms with Crippen LogP contribution in [0.25, 0.3) is 0 Å². The second-order valence-corrected chi connectivity index (χ2v) is 8.23. The fourth-order valence-electron chi connectivity index (χ4n) is 2.78. The maximum atomic E-state index is 11.4. The van der Waals surface area contributed by atoms with Gasteiger partial charge in [-0.05, 0) is 51.6 Å². The lowest BCUT2D eigenvalue weighted by Gasteiger charge is -2.05. The van der Waals surface area contributed by atoms with Crippen LogP contribution in [0, 0.1) is 0 Å².